The second kappa shape index (κ2) is 6.82. The first-order valence-corrected chi connectivity index (χ1v) is 8.08. The van der Waals surface area contributed by atoms with Crippen molar-refractivity contribution in [3.05, 3.63) is 57.0 Å². The van der Waals surface area contributed by atoms with Gasteiger partial charge in [-0.3, -0.25) is 0 Å². The van der Waals surface area contributed by atoms with Crippen LogP contribution in [0.1, 0.15) is 43.9 Å². The fourth-order valence-electron chi connectivity index (χ4n) is 2.13. The lowest BCUT2D eigenvalue weighted by Crippen LogP contribution is -2.05. The average Bonchev–Trinajstić information content (AvgIpc) is 2.40. The zero-order valence-electron chi connectivity index (χ0n) is 12.4. The van der Waals surface area contributed by atoms with Gasteiger partial charge in [0, 0.05) is 15.5 Å². The third-order valence-electron chi connectivity index (χ3n) is 3.28. The molecule has 1 atom stereocenters. The first-order valence-electron chi connectivity index (χ1n) is 6.91. The molecule has 2 aromatic rings. The molecule has 0 aliphatic carbocycles. The Morgan fingerprint density at radius 2 is 1.76 bits per heavy atom. The Morgan fingerprint density at radius 3 is 2.33 bits per heavy atom. The highest BCUT2D eigenvalue weighted by Gasteiger charge is 2.11. The zero-order chi connectivity index (χ0) is 15.6. The quantitative estimate of drug-likeness (QED) is 0.714. The van der Waals surface area contributed by atoms with E-state index in [0.29, 0.717) is 16.7 Å². The van der Waals surface area contributed by atoms with Gasteiger partial charge >= 0.3 is 0 Å². The van der Waals surface area contributed by atoms with Gasteiger partial charge in [0.2, 0.25) is 0 Å². The van der Waals surface area contributed by atoms with Crippen molar-refractivity contribution in [1.82, 2.24) is 0 Å². The van der Waals surface area contributed by atoms with Crippen LogP contribution in [0, 0.1) is 0 Å². The number of benzene rings is 2. The number of rotatable bonds is 4. The molecule has 2 N–H and O–H groups in total. The van der Waals surface area contributed by atoms with E-state index in [9.17, 15) is 0 Å². The molecule has 0 saturated carbocycles. The average molecular weight is 369 g/mol. The van der Waals surface area contributed by atoms with Gasteiger partial charge in [0.25, 0.3) is 0 Å². The van der Waals surface area contributed by atoms with Gasteiger partial charge < -0.3 is 10.5 Å². The lowest BCUT2D eigenvalue weighted by molar-refractivity contribution is 0.472. The fourth-order valence-corrected chi connectivity index (χ4v) is 2.85. The molecule has 0 aliphatic rings. The second-order valence-corrected chi connectivity index (χ2v) is 6.73. The maximum absolute atomic E-state index is 6.25. The van der Waals surface area contributed by atoms with Gasteiger partial charge in [0.05, 0.1) is 0 Å². The molecule has 1 unspecified atom stereocenters. The van der Waals surface area contributed by atoms with Crippen molar-refractivity contribution in [3.63, 3.8) is 0 Å². The van der Waals surface area contributed by atoms with Crippen LogP contribution in [0.5, 0.6) is 11.5 Å². The normalized spacial score (nSPS) is 12.5. The third kappa shape index (κ3) is 4.00. The minimum absolute atomic E-state index is 0.0922. The second-order valence-electron chi connectivity index (χ2n) is 5.41. The van der Waals surface area contributed by atoms with Crippen LogP contribution in [-0.2, 0) is 0 Å². The maximum atomic E-state index is 6.25. The molecule has 0 aromatic heterocycles. The van der Waals surface area contributed by atoms with Crippen molar-refractivity contribution < 1.29 is 4.74 Å². The summed E-state index contributed by atoms with van der Waals surface area (Å²) in [7, 11) is 0. The van der Waals surface area contributed by atoms with Crippen molar-refractivity contribution in [2.24, 2.45) is 5.73 Å². The Bertz CT molecular complexity index is 641. The highest BCUT2D eigenvalue weighted by atomic mass is 79.9. The van der Waals surface area contributed by atoms with E-state index in [1.807, 2.05) is 37.3 Å². The van der Waals surface area contributed by atoms with Gasteiger partial charge in [-0.2, -0.15) is 0 Å². The van der Waals surface area contributed by atoms with E-state index >= 15 is 0 Å². The predicted octanol–water partition coefficient (Wildman–Crippen LogP) is 6.04. The summed E-state index contributed by atoms with van der Waals surface area (Å²) in [6.45, 7) is 6.19. The zero-order valence-corrected chi connectivity index (χ0v) is 14.7. The summed E-state index contributed by atoms with van der Waals surface area (Å²) >= 11 is 9.75. The molecule has 2 rings (SSSR count). The summed E-state index contributed by atoms with van der Waals surface area (Å²) in [5, 5.41) is 0.630. The van der Waals surface area contributed by atoms with Gasteiger partial charge in [-0.05, 0) is 54.3 Å². The molecule has 0 heterocycles. The third-order valence-corrected chi connectivity index (χ3v) is 4.10. The Morgan fingerprint density at radius 1 is 1.05 bits per heavy atom. The lowest BCUT2D eigenvalue weighted by Gasteiger charge is -2.15. The highest BCUT2D eigenvalue weighted by Crippen LogP contribution is 2.34. The Hall–Kier alpha value is -1.03. The minimum Gasteiger partial charge on any atom is -0.457 e. The van der Waals surface area contributed by atoms with Crippen LogP contribution in [0.25, 0.3) is 0 Å². The summed E-state index contributed by atoms with van der Waals surface area (Å²) in [5.74, 6) is 1.93. The molecule has 0 aliphatic heterocycles. The smallest absolute Gasteiger partial charge is 0.130 e. The molecule has 0 bridgehead atoms. The Balaban J connectivity index is 2.32. The van der Waals surface area contributed by atoms with Crippen LogP contribution in [0.3, 0.4) is 0 Å². The molecule has 0 fully saturated rings. The van der Waals surface area contributed by atoms with Crippen LogP contribution >= 0.6 is 27.5 Å². The van der Waals surface area contributed by atoms with E-state index in [2.05, 4.69) is 35.8 Å². The lowest BCUT2D eigenvalue weighted by atomic mass is 10.0. The van der Waals surface area contributed by atoms with Crippen molar-refractivity contribution in [2.45, 2.75) is 32.7 Å². The molecule has 0 spiro atoms. The predicted molar refractivity (Wildman–Crippen MR) is 92.4 cm³/mol. The summed E-state index contributed by atoms with van der Waals surface area (Å²) in [6.07, 6.45) is 0. The topological polar surface area (TPSA) is 35.2 Å². The van der Waals surface area contributed by atoms with E-state index in [-0.39, 0.29) is 6.04 Å². The van der Waals surface area contributed by atoms with Gasteiger partial charge in [0.1, 0.15) is 11.5 Å². The summed E-state index contributed by atoms with van der Waals surface area (Å²) < 4.78 is 7.04. The van der Waals surface area contributed by atoms with Crippen molar-refractivity contribution in [2.75, 3.05) is 0 Å². The summed E-state index contributed by atoms with van der Waals surface area (Å²) in [6, 6.07) is 11.5. The molecule has 112 valence electrons. The standard InChI is InChI=1S/C17H19BrClNO/c1-10(2)15-8-12(18)4-7-17(15)21-13-5-6-14(11(3)20)16(19)9-13/h4-11H,20H2,1-3H3. The molecular formula is C17H19BrClNO. The Labute approximate surface area is 139 Å². The molecule has 0 saturated heterocycles. The molecule has 2 aromatic carbocycles. The van der Waals surface area contributed by atoms with Gasteiger partial charge in [-0.25, -0.2) is 0 Å². The largest absolute Gasteiger partial charge is 0.457 e. The summed E-state index contributed by atoms with van der Waals surface area (Å²) in [4.78, 5) is 0. The maximum Gasteiger partial charge on any atom is 0.130 e. The van der Waals surface area contributed by atoms with E-state index in [0.717, 1.165) is 21.3 Å². The number of hydrogen-bond donors (Lipinski definition) is 1. The molecule has 0 amide bonds. The number of nitrogens with two attached hydrogens (primary N) is 1. The van der Waals surface area contributed by atoms with Crippen molar-refractivity contribution >= 4 is 27.5 Å². The van der Waals surface area contributed by atoms with E-state index in [4.69, 9.17) is 22.1 Å². The fraction of sp³-hybridized carbons (Fsp3) is 0.294. The summed E-state index contributed by atoms with van der Waals surface area (Å²) in [5.41, 5.74) is 7.94. The molecule has 4 heteroatoms. The Kier molecular flexibility index (Phi) is 5.31. The molecule has 2 nitrogen and oxygen atoms in total. The van der Waals surface area contributed by atoms with Crippen LogP contribution < -0.4 is 10.5 Å². The van der Waals surface area contributed by atoms with Crippen molar-refractivity contribution in [1.29, 1.82) is 0 Å². The molecule has 0 radical (unpaired) electrons. The van der Waals surface area contributed by atoms with E-state index in [1.54, 1.807) is 0 Å². The minimum atomic E-state index is -0.0922. The monoisotopic (exact) mass is 367 g/mol. The van der Waals surface area contributed by atoms with Crippen LogP contribution in [0.15, 0.2) is 40.9 Å². The van der Waals surface area contributed by atoms with Crippen LogP contribution in [0.2, 0.25) is 5.02 Å². The van der Waals surface area contributed by atoms with Gasteiger partial charge in [-0.15, -0.1) is 0 Å². The SMILES string of the molecule is CC(C)c1cc(Br)ccc1Oc1ccc(C(C)N)c(Cl)c1. The highest BCUT2D eigenvalue weighted by molar-refractivity contribution is 9.10. The van der Waals surface area contributed by atoms with E-state index < -0.39 is 0 Å². The van der Waals surface area contributed by atoms with Gasteiger partial charge in [-0.1, -0.05) is 47.4 Å². The van der Waals surface area contributed by atoms with E-state index in [1.165, 1.54) is 0 Å². The molecule has 21 heavy (non-hydrogen) atoms. The first kappa shape index (κ1) is 16.3. The number of ether oxygens (including phenoxy) is 1. The molecular weight excluding hydrogens is 350 g/mol. The van der Waals surface area contributed by atoms with Gasteiger partial charge in [0.15, 0.2) is 0 Å². The first-order chi connectivity index (χ1) is 9.88. The number of hydrogen-bond acceptors (Lipinski definition) is 2. The van der Waals surface area contributed by atoms with Crippen molar-refractivity contribution in [3.8, 4) is 11.5 Å². The number of halogens is 2. The van der Waals surface area contributed by atoms with Crippen LogP contribution in [0.4, 0.5) is 0 Å². The van der Waals surface area contributed by atoms with Crippen LogP contribution in [-0.4, -0.2) is 0 Å².